The summed E-state index contributed by atoms with van der Waals surface area (Å²) in [4.78, 5) is 0. The first-order valence-electron chi connectivity index (χ1n) is 7.10. The van der Waals surface area contributed by atoms with Crippen LogP contribution in [0.15, 0.2) is 60.7 Å². The molecule has 2 aromatic carbocycles. The van der Waals surface area contributed by atoms with Crippen LogP contribution in [0.1, 0.15) is 24.2 Å². The van der Waals surface area contributed by atoms with Gasteiger partial charge in [-0.15, -0.1) is 0 Å². The summed E-state index contributed by atoms with van der Waals surface area (Å²) >= 11 is 0. The lowest BCUT2D eigenvalue weighted by Crippen LogP contribution is -3.00. The van der Waals surface area contributed by atoms with Gasteiger partial charge in [-0.05, 0) is 12.5 Å². The number of hydrogen-bond acceptors (Lipinski definition) is 1. The Kier molecular flexibility index (Phi) is 6.59. The highest BCUT2D eigenvalue weighted by molar-refractivity contribution is 5.18. The van der Waals surface area contributed by atoms with Crippen LogP contribution >= 0.6 is 0 Å². The third-order valence-electron chi connectivity index (χ3n) is 4.13. The zero-order chi connectivity index (χ0) is 14.6. The molecule has 0 amide bonds. The van der Waals surface area contributed by atoms with E-state index < -0.39 is 6.10 Å². The lowest BCUT2D eigenvalue weighted by molar-refractivity contribution is -0.930. The van der Waals surface area contributed by atoms with Gasteiger partial charge < -0.3 is 26.6 Å². The van der Waals surface area contributed by atoms with Crippen LogP contribution in [0, 0.1) is 0 Å². The van der Waals surface area contributed by atoms with Crippen LogP contribution in [0.3, 0.4) is 0 Å². The average Bonchev–Trinajstić information content (AvgIpc) is 2.47. The maximum Gasteiger partial charge on any atom is 0.130 e. The molecule has 0 aliphatic heterocycles. The summed E-state index contributed by atoms with van der Waals surface area (Å²) < 4.78 is 0.750. The summed E-state index contributed by atoms with van der Waals surface area (Å²) in [5.74, 6) is 0. The molecular formula is C18H24BrNO. The topological polar surface area (TPSA) is 20.2 Å². The lowest BCUT2D eigenvalue weighted by atomic mass is 10.0. The number of benzene rings is 2. The Morgan fingerprint density at radius 2 is 1.38 bits per heavy atom. The number of quaternary nitrogens is 1. The van der Waals surface area contributed by atoms with Gasteiger partial charge in [-0.25, -0.2) is 0 Å². The molecular weight excluding hydrogens is 326 g/mol. The second kappa shape index (κ2) is 7.74. The number of likely N-dealkylation sites (N-methyl/N-ethyl adjacent to an activating group) is 1. The van der Waals surface area contributed by atoms with Gasteiger partial charge >= 0.3 is 0 Å². The number of nitrogens with zero attached hydrogens (tertiary/aromatic N) is 1. The summed E-state index contributed by atoms with van der Waals surface area (Å²) in [6.45, 7) is 3.02. The smallest absolute Gasteiger partial charge is 0.130 e. The first kappa shape index (κ1) is 17.9. The molecule has 0 saturated carbocycles. The molecule has 0 aliphatic carbocycles. The van der Waals surface area contributed by atoms with E-state index in [4.69, 9.17) is 0 Å². The van der Waals surface area contributed by atoms with Gasteiger partial charge in [0.2, 0.25) is 0 Å². The molecule has 0 saturated heterocycles. The lowest BCUT2D eigenvalue weighted by Gasteiger charge is -2.38. The van der Waals surface area contributed by atoms with E-state index in [1.807, 2.05) is 36.4 Å². The number of aliphatic hydroxyl groups excluding tert-OH is 1. The molecule has 0 radical (unpaired) electrons. The van der Waals surface area contributed by atoms with Gasteiger partial charge in [0.1, 0.15) is 18.7 Å². The molecule has 0 aromatic heterocycles. The fourth-order valence-corrected chi connectivity index (χ4v) is 2.51. The van der Waals surface area contributed by atoms with Crippen molar-refractivity contribution in [2.45, 2.75) is 25.6 Å². The normalized spacial score (nSPS) is 14.1. The van der Waals surface area contributed by atoms with E-state index in [2.05, 4.69) is 45.3 Å². The van der Waals surface area contributed by atoms with Crippen molar-refractivity contribution in [3.63, 3.8) is 0 Å². The zero-order valence-corrected chi connectivity index (χ0v) is 14.5. The van der Waals surface area contributed by atoms with Gasteiger partial charge in [-0.3, -0.25) is 0 Å². The van der Waals surface area contributed by atoms with Crippen LogP contribution in [0.25, 0.3) is 0 Å². The van der Waals surface area contributed by atoms with Crippen molar-refractivity contribution >= 4 is 0 Å². The van der Waals surface area contributed by atoms with E-state index in [1.165, 1.54) is 5.56 Å². The number of rotatable bonds is 5. The van der Waals surface area contributed by atoms with Crippen molar-refractivity contribution in [1.29, 1.82) is 0 Å². The zero-order valence-electron chi connectivity index (χ0n) is 12.9. The second-order valence-electron chi connectivity index (χ2n) is 6.02. The van der Waals surface area contributed by atoms with Gasteiger partial charge in [0.05, 0.1) is 14.1 Å². The Morgan fingerprint density at radius 1 is 0.905 bits per heavy atom. The molecule has 2 atom stereocenters. The van der Waals surface area contributed by atoms with Crippen molar-refractivity contribution in [3.8, 4) is 0 Å². The minimum atomic E-state index is -0.449. The number of aliphatic hydroxyl groups is 1. The van der Waals surface area contributed by atoms with Crippen molar-refractivity contribution < 1.29 is 26.6 Å². The molecule has 2 nitrogen and oxygen atoms in total. The maximum atomic E-state index is 10.6. The van der Waals surface area contributed by atoms with Gasteiger partial charge in [0, 0.05) is 5.56 Å². The SMILES string of the molecule is CC(C(O)c1ccccc1)[N+](C)(C)Cc1ccccc1.[Br-]. The van der Waals surface area contributed by atoms with E-state index >= 15 is 0 Å². The molecule has 114 valence electrons. The van der Waals surface area contributed by atoms with Gasteiger partial charge in [-0.2, -0.15) is 0 Å². The predicted octanol–water partition coefficient (Wildman–Crippen LogP) is 0.389. The molecule has 0 fully saturated rings. The molecule has 2 aromatic rings. The van der Waals surface area contributed by atoms with E-state index in [9.17, 15) is 5.11 Å². The van der Waals surface area contributed by atoms with Crippen molar-refractivity contribution in [2.75, 3.05) is 14.1 Å². The second-order valence-corrected chi connectivity index (χ2v) is 6.02. The number of halogens is 1. The maximum absolute atomic E-state index is 10.6. The quantitative estimate of drug-likeness (QED) is 0.774. The molecule has 0 spiro atoms. The van der Waals surface area contributed by atoms with Crippen molar-refractivity contribution in [2.24, 2.45) is 0 Å². The summed E-state index contributed by atoms with van der Waals surface area (Å²) in [5, 5.41) is 10.6. The molecule has 2 unspecified atom stereocenters. The summed E-state index contributed by atoms with van der Waals surface area (Å²) in [5.41, 5.74) is 2.28. The van der Waals surface area contributed by atoms with E-state index in [-0.39, 0.29) is 23.0 Å². The third kappa shape index (κ3) is 4.67. The minimum absolute atomic E-state index is 0. The number of hydrogen-bond donors (Lipinski definition) is 1. The van der Waals surface area contributed by atoms with Crippen molar-refractivity contribution in [1.82, 2.24) is 0 Å². The average molecular weight is 350 g/mol. The summed E-state index contributed by atoms with van der Waals surface area (Å²) in [7, 11) is 4.34. The monoisotopic (exact) mass is 349 g/mol. The van der Waals surface area contributed by atoms with Crippen molar-refractivity contribution in [3.05, 3.63) is 71.8 Å². The van der Waals surface area contributed by atoms with Crippen LogP contribution in [-0.4, -0.2) is 29.7 Å². The summed E-state index contributed by atoms with van der Waals surface area (Å²) in [6, 6.07) is 20.5. The van der Waals surface area contributed by atoms with Crippen LogP contribution in [0.4, 0.5) is 0 Å². The molecule has 3 heteroatoms. The molecule has 0 bridgehead atoms. The predicted molar refractivity (Wildman–Crippen MR) is 83.1 cm³/mol. The van der Waals surface area contributed by atoms with E-state index in [0.29, 0.717) is 0 Å². The third-order valence-corrected chi connectivity index (χ3v) is 4.13. The Morgan fingerprint density at radius 3 is 1.90 bits per heavy atom. The van der Waals surface area contributed by atoms with Crippen LogP contribution in [-0.2, 0) is 6.54 Å². The Balaban J connectivity index is 0.00000220. The highest BCUT2D eigenvalue weighted by Gasteiger charge is 2.31. The fourth-order valence-electron chi connectivity index (χ4n) is 2.51. The van der Waals surface area contributed by atoms with Crippen LogP contribution < -0.4 is 17.0 Å². The molecule has 0 heterocycles. The Bertz CT molecular complexity index is 527. The van der Waals surface area contributed by atoms with Gasteiger partial charge in [0.15, 0.2) is 0 Å². The molecule has 2 rings (SSSR count). The van der Waals surface area contributed by atoms with Crippen LogP contribution in [0.2, 0.25) is 0 Å². The minimum Gasteiger partial charge on any atom is -1.00 e. The van der Waals surface area contributed by atoms with Gasteiger partial charge in [0.25, 0.3) is 0 Å². The standard InChI is InChI=1S/C18H24NO.BrH/c1-15(18(20)17-12-8-5-9-13-17)19(2,3)14-16-10-6-4-7-11-16;/h4-13,15,18,20H,14H2,1-3H3;1H/q+1;/p-1. The Hall–Kier alpha value is -1.16. The van der Waals surface area contributed by atoms with Crippen LogP contribution in [0.5, 0.6) is 0 Å². The molecule has 1 N–H and O–H groups in total. The highest BCUT2D eigenvalue weighted by Crippen LogP contribution is 2.25. The summed E-state index contributed by atoms with van der Waals surface area (Å²) in [6.07, 6.45) is -0.449. The Labute approximate surface area is 138 Å². The fraction of sp³-hybridized carbons (Fsp3) is 0.333. The molecule has 21 heavy (non-hydrogen) atoms. The van der Waals surface area contributed by atoms with E-state index in [1.54, 1.807) is 0 Å². The van der Waals surface area contributed by atoms with Gasteiger partial charge in [-0.1, -0.05) is 60.7 Å². The first-order valence-corrected chi connectivity index (χ1v) is 7.10. The first-order chi connectivity index (χ1) is 9.50. The highest BCUT2D eigenvalue weighted by atomic mass is 79.9. The largest absolute Gasteiger partial charge is 1.00 e. The van der Waals surface area contributed by atoms with E-state index in [0.717, 1.165) is 16.6 Å². The molecule has 0 aliphatic rings.